The van der Waals surface area contributed by atoms with Crippen molar-refractivity contribution in [2.45, 2.75) is 38.1 Å². The standard InChI is InChI=1S/C13H20N2O2/c16-13(17)12(15-9-2-1-3-10-15)7-6-11-5-4-8-14-11/h4-5,8,12,14H,1-3,6-7,9-10H2,(H,16,17). The van der Waals surface area contributed by atoms with Gasteiger partial charge in [-0.1, -0.05) is 6.42 Å². The second kappa shape index (κ2) is 5.87. The molecule has 1 fully saturated rings. The first-order valence-corrected chi connectivity index (χ1v) is 6.36. The summed E-state index contributed by atoms with van der Waals surface area (Å²) in [5, 5.41) is 9.30. The summed E-state index contributed by atoms with van der Waals surface area (Å²) in [4.78, 5) is 16.5. The first-order valence-electron chi connectivity index (χ1n) is 6.36. The van der Waals surface area contributed by atoms with E-state index in [0.717, 1.165) is 38.0 Å². The fourth-order valence-corrected chi connectivity index (χ4v) is 2.51. The molecule has 0 amide bonds. The van der Waals surface area contributed by atoms with Gasteiger partial charge in [-0.25, -0.2) is 0 Å². The van der Waals surface area contributed by atoms with Crippen molar-refractivity contribution in [1.82, 2.24) is 9.88 Å². The number of rotatable bonds is 5. The predicted molar refractivity (Wildman–Crippen MR) is 66.0 cm³/mol. The van der Waals surface area contributed by atoms with Gasteiger partial charge in [-0.3, -0.25) is 9.69 Å². The second-order valence-electron chi connectivity index (χ2n) is 4.68. The van der Waals surface area contributed by atoms with Gasteiger partial charge in [0.05, 0.1) is 0 Å². The maximum atomic E-state index is 11.3. The Hall–Kier alpha value is -1.29. The number of likely N-dealkylation sites (tertiary alicyclic amines) is 1. The number of H-pyrrole nitrogens is 1. The number of hydrogen-bond acceptors (Lipinski definition) is 2. The molecule has 1 aromatic heterocycles. The topological polar surface area (TPSA) is 56.3 Å². The van der Waals surface area contributed by atoms with Gasteiger partial charge in [-0.15, -0.1) is 0 Å². The van der Waals surface area contributed by atoms with Crippen LogP contribution < -0.4 is 0 Å². The lowest BCUT2D eigenvalue weighted by atomic mass is 10.0. The summed E-state index contributed by atoms with van der Waals surface area (Å²) < 4.78 is 0. The van der Waals surface area contributed by atoms with Crippen LogP contribution in [-0.4, -0.2) is 40.1 Å². The lowest BCUT2D eigenvalue weighted by Crippen LogP contribution is -2.44. The molecule has 0 saturated carbocycles. The zero-order chi connectivity index (χ0) is 12.1. The van der Waals surface area contributed by atoms with Crippen LogP contribution in [0.3, 0.4) is 0 Å². The Morgan fingerprint density at radius 3 is 2.76 bits per heavy atom. The summed E-state index contributed by atoms with van der Waals surface area (Å²) in [6.45, 7) is 1.86. The Bertz CT molecular complexity index is 342. The lowest BCUT2D eigenvalue weighted by molar-refractivity contribution is -0.144. The van der Waals surface area contributed by atoms with Crippen LogP contribution in [0, 0.1) is 0 Å². The van der Waals surface area contributed by atoms with Crippen LogP contribution in [0.15, 0.2) is 18.3 Å². The number of aromatic amines is 1. The third-order valence-corrected chi connectivity index (χ3v) is 3.47. The number of aromatic nitrogens is 1. The quantitative estimate of drug-likeness (QED) is 0.820. The minimum Gasteiger partial charge on any atom is -0.480 e. The highest BCUT2D eigenvalue weighted by Crippen LogP contribution is 2.16. The van der Waals surface area contributed by atoms with Crippen LogP contribution in [0.25, 0.3) is 0 Å². The SMILES string of the molecule is O=C(O)C(CCc1ccc[nH]1)N1CCCCC1. The van der Waals surface area contributed by atoms with Gasteiger partial charge >= 0.3 is 5.97 Å². The third kappa shape index (κ3) is 3.33. The van der Waals surface area contributed by atoms with Crippen molar-refractivity contribution in [3.05, 3.63) is 24.0 Å². The molecule has 0 aromatic carbocycles. The van der Waals surface area contributed by atoms with Crippen LogP contribution in [0.2, 0.25) is 0 Å². The van der Waals surface area contributed by atoms with E-state index in [1.807, 2.05) is 18.3 Å². The highest BCUT2D eigenvalue weighted by atomic mass is 16.4. The number of hydrogen-bond donors (Lipinski definition) is 2. The van der Waals surface area contributed by atoms with Gasteiger partial charge in [0.15, 0.2) is 0 Å². The number of piperidine rings is 1. The van der Waals surface area contributed by atoms with Crippen molar-refractivity contribution in [2.24, 2.45) is 0 Å². The monoisotopic (exact) mass is 236 g/mol. The first kappa shape index (κ1) is 12.2. The molecule has 1 atom stereocenters. The van der Waals surface area contributed by atoms with E-state index in [9.17, 15) is 9.90 Å². The normalized spacial score (nSPS) is 19.1. The van der Waals surface area contributed by atoms with E-state index in [4.69, 9.17) is 0 Å². The summed E-state index contributed by atoms with van der Waals surface area (Å²) in [7, 11) is 0. The van der Waals surface area contributed by atoms with E-state index in [2.05, 4.69) is 9.88 Å². The maximum absolute atomic E-state index is 11.3. The number of nitrogens with zero attached hydrogens (tertiary/aromatic N) is 1. The summed E-state index contributed by atoms with van der Waals surface area (Å²) in [6.07, 6.45) is 6.88. The van der Waals surface area contributed by atoms with Crippen molar-refractivity contribution in [1.29, 1.82) is 0 Å². The van der Waals surface area contributed by atoms with E-state index in [1.165, 1.54) is 6.42 Å². The van der Waals surface area contributed by atoms with Crippen molar-refractivity contribution < 1.29 is 9.90 Å². The molecule has 0 aliphatic carbocycles. The molecular weight excluding hydrogens is 216 g/mol. The molecule has 0 spiro atoms. The highest BCUT2D eigenvalue weighted by molar-refractivity contribution is 5.73. The van der Waals surface area contributed by atoms with Crippen molar-refractivity contribution in [3.8, 4) is 0 Å². The van der Waals surface area contributed by atoms with Crippen molar-refractivity contribution in [3.63, 3.8) is 0 Å². The first-order chi connectivity index (χ1) is 8.27. The van der Waals surface area contributed by atoms with E-state index < -0.39 is 5.97 Å². The zero-order valence-corrected chi connectivity index (χ0v) is 10.1. The van der Waals surface area contributed by atoms with Gasteiger partial charge in [0.2, 0.25) is 0 Å². The lowest BCUT2D eigenvalue weighted by Gasteiger charge is -2.31. The minimum atomic E-state index is -0.682. The molecule has 2 heterocycles. The molecule has 2 N–H and O–H groups in total. The number of nitrogens with one attached hydrogen (secondary N) is 1. The fourth-order valence-electron chi connectivity index (χ4n) is 2.51. The van der Waals surface area contributed by atoms with Gasteiger partial charge in [0, 0.05) is 11.9 Å². The number of aryl methyl sites for hydroxylation is 1. The highest BCUT2D eigenvalue weighted by Gasteiger charge is 2.26. The Balaban J connectivity index is 1.90. The van der Waals surface area contributed by atoms with Crippen LogP contribution in [0.5, 0.6) is 0 Å². The Kier molecular flexibility index (Phi) is 4.20. The molecule has 1 aliphatic heterocycles. The fraction of sp³-hybridized carbons (Fsp3) is 0.615. The summed E-state index contributed by atoms with van der Waals surface area (Å²) in [5.41, 5.74) is 1.12. The predicted octanol–water partition coefficient (Wildman–Crippen LogP) is 1.89. The molecule has 1 saturated heterocycles. The number of carboxylic acids is 1. The molecule has 1 aliphatic rings. The molecule has 0 radical (unpaired) electrons. The molecule has 94 valence electrons. The summed E-state index contributed by atoms with van der Waals surface area (Å²) >= 11 is 0. The summed E-state index contributed by atoms with van der Waals surface area (Å²) in [6, 6.07) is 3.64. The molecule has 4 heteroatoms. The third-order valence-electron chi connectivity index (χ3n) is 3.47. The number of carboxylic acid groups (broad SMARTS) is 1. The average molecular weight is 236 g/mol. The van der Waals surface area contributed by atoms with Gasteiger partial charge in [-0.05, 0) is 50.9 Å². The van der Waals surface area contributed by atoms with E-state index in [1.54, 1.807) is 0 Å². The second-order valence-corrected chi connectivity index (χ2v) is 4.68. The van der Waals surface area contributed by atoms with Crippen molar-refractivity contribution >= 4 is 5.97 Å². The molecule has 2 rings (SSSR count). The molecule has 0 bridgehead atoms. The van der Waals surface area contributed by atoms with Crippen LogP contribution in [0.4, 0.5) is 0 Å². The smallest absolute Gasteiger partial charge is 0.320 e. The van der Waals surface area contributed by atoms with Crippen molar-refractivity contribution in [2.75, 3.05) is 13.1 Å². The van der Waals surface area contributed by atoms with E-state index in [0.29, 0.717) is 6.42 Å². The van der Waals surface area contributed by atoms with Crippen LogP contribution >= 0.6 is 0 Å². The molecular formula is C13H20N2O2. The average Bonchev–Trinajstić information content (AvgIpc) is 2.83. The van der Waals surface area contributed by atoms with E-state index in [-0.39, 0.29) is 6.04 Å². The van der Waals surface area contributed by atoms with Gasteiger partial charge < -0.3 is 10.1 Å². The Labute approximate surface area is 102 Å². The van der Waals surface area contributed by atoms with Gasteiger partial charge in [0.25, 0.3) is 0 Å². The van der Waals surface area contributed by atoms with Crippen LogP contribution in [-0.2, 0) is 11.2 Å². The van der Waals surface area contributed by atoms with E-state index >= 15 is 0 Å². The number of aliphatic carboxylic acids is 1. The number of carbonyl (C=O) groups is 1. The Morgan fingerprint density at radius 2 is 2.18 bits per heavy atom. The molecule has 17 heavy (non-hydrogen) atoms. The zero-order valence-electron chi connectivity index (χ0n) is 10.1. The molecule has 4 nitrogen and oxygen atoms in total. The molecule has 1 aromatic rings. The summed E-state index contributed by atoms with van der Waals surface area (Å²) in [5.74, 6) is -0.682. The molecule has 1 unspecified atom stereocenters. The minimum absolute atomic E-state index is 0.321. The van der Waals surface area contributed by atoms with Crippen LogP contribution in [0.1, 0.15) is 31.4 Å². The maximum Gasteiger partial charge on any atom is 0.320 e. The van der Waals surface area contributed by atoms with Gasteiger partial charge in [-0.2, -0.15) is 0 Å². The largest absolute Gasteiger partial charge is 0.480 e. The Morgan fingerprint density at radius 1 is 1.41 bits per heavy atom. The van der Waals surface area contributed by atoms with Gasteiger partial charge in [0.1, 0.15) is 6.04 Å².